The molecule has 1 aliphatic carbocycles. The second-order valence-corrected chi connectivity index (χ2v) is 7.25. The van der Waals surface area contributed by atoms with Crippen molar-refractivity contribution in [2.75, 3.05) is 5.75 Å². The molecule has 2 nitrogen and oxygen atoms in total. The molecule has 0 bridgehead atoms. The molecule has 4 atom stereocenters. The topological polar surface area (TPSA) is 35.2 Å². The third kappa shape index (κ3) is 2.99. The van der Waals surface area contributed by atoms with Crippen LogP contribution >= 0.6 is 11.8 Å². The van der Waals surface area contributed by atoms with Crippen molar-refractivity contribution in [1.29, 1.82) is 0 Å². The second kappa shape index (κ2) is 6.40. The Labute approximate surface area is 126 Å². The van der Waals surface area contributed by atoms with E-state index in [0.717, 1.165) is 17.4 Å². The molecule has 1 heterocycles. The number of fused-ring (bicyclic) bond motifs is 1. The first kappa shape index (κ1) is 14.3. The summed E-state index contributed by atoms with van der Waals surface area (Å²) in [7, 11) is 0. The lowest BCUT2D eigenvalue weighted by atomic mass is 9.76. The van der Waals surface area contributed by atoms with Gasteiger partial charge >= 0.3 is 0 Å². The Hall–Kier alpha value is -0.670. The molecule has 1 aromatic rings. The number of hydrogen-bond acceptors (Lipinski definition) is 3. The van der Waals surface area contributed by atoms with Crippen molar-refractivity contribution >= 4 is 11.8 Å². The molecule has 0 amide bonds. The predicted molar refractivity (Wildman–Crippen MR) is 85.3 cm³/mol. The number of rotatable bonds is 3. The van der Waals surface area contributed by atoms with Crippen molar-refractivity contribution < 1.29 is 4.74 Å². The van der Waals surface area contributed by atoms with Gasteiger partial charge in [0.2, 0.25) is 0 Å². The highest BCUT2D eigenvalue weighted by molar-refractivity contribution is 7.99. The van der Waals surface area contributed by atoms with Crippen LogP contribution in [0.15, 0.2) is 29.2 Å². The minimum absolute atomic E-state index is 0.176. The minimum atomic E-state index is 0.176. The number of ether oxygens (including phenoxy) is 1. The zero-order valence-electron chi connectivity index (χ0n) is 12.3. The van der Waals surface area contributed by atoms with E-state index in [-0.39, 0.29) is 12.1 Å². The first-order valence-corrected chi connectivity index (χ1v) is 8.90. The summed E-state index contributed by atoms with van der Waals surface area (Å²) in [4.78, 5) is 1.26. The van der Waals surface area contributed by atoms with Crippen molar-refractivity contribution in [1.82, 2.24) is 0 Å². The standard InChI is InChI=1S/C17H25NOS/c1-2-12-6-5-7-13(10-12)17(18)15-11-20-16-9-4-3-8-14(16)19-15/h3-4,8-9,12-13,15,17H,2,5-7,10-11,18H2,1H3. The van der Waals surface area contributed by atoms with E-state index in [1.165, 1.54) is 37.0 Å². The smallest absolute Gasteiger partial charge is 0.133 e. The SMILES string of the molecule is CCC1CCCC(C(N)C2CSc3ccccc3O2)C1. The van der Waals surface area contributed by atoms with Crippen LogP contribution in [0.25, 0.3) is 0 Å². The van der Waals surface area contributed by atoms with Gasteiger partial charge in [0.15, 0.2) is 0 Å². The van der Waals surface area contributed by atoms with Crippen LogP contribution in [0.4, 0.5) is 0 Å². The summed E-state index contributed by atoms with van der Waals surface area (Å²) in [6.45, 7) is 2.31. The largest absolute Gasteiger partial charge is 0.487 e. The van der Waals surface area contributed by atoms with E-state index < -0.39 is 0 Å². The van der Waals surface area contributed by atoms with E-state index in [9.17, 15) is 0 Å². The van der Waals surface area contributed by atoms with Gasteiger partial charge in [-0.05, 0) is 36.8 Å². The molecule has 0 spiro atoms. The van der Waals surface area contributed by atoms with Crippen LogP contribution in [-0.4, -0.2) is 17.9 Å². The van der Waals surface area contributed by atoms with Gasteiger partial charge in [-0.3, -0.25) is 0 Å². The molecule has 0 radical (unpaired) electrons. The van der Waals surface area contributed by atoms with Crippen molar-refractivity contribution in [2.45, 2.75) is 56.1 Å². The maximum atomic E-state index is 6.56. The predicted octanol–water partition coefficient (Wildman–Crippen LogP) is 4.08. The Morgan fingerprint density at radius 2 is 2.20 bits per heavy atom. The third-order valence-electron chi connectivity index (χ3n) is 4.90. The first-order valence-electron chi connectivity index (χ1n) is 7.92. The first-order chi connectivity index (χ1) is 9.78. The molecule has 3 rings (SSSR count). The van der Waals surface area contributed by atoms with Gasteiger partial charge in [-0.2, -0.15) is 0 Å². The number of nitrogens with two attached hydrogens (primary N) is 1. The molecule has 1 aliphatic heterocycles. The van der Waals surface area contributed by atoms with Crippen LogP contribution in [0.5, 0.6) is 5.75 Å². The van der Waals surface area contributed by atoms with E-state index in [1.807, 2.05) is 17.8 Å². The van der Waals surface area contributed by atoms with Gasteiger partial charge in [-0.25, -0.2) is 0 Å². The van der Waals surface area contributed by atoms with Crippen LogP contribution < -0.4 is 10.5 Å². The van der Waals surface area contributed by atoms with Crippen LogP contribution in [0, 0.1) is 11.8 Å². The maximum absolute atomic E-state index is 6.56. The highest BCUT2D eigenvalue weighted by atomic mass is 32.2. The third-order valence-corrected chi connectivity index (χ3v) is 6.05. The molecule has 0 saturated heterocycles. The molecule has 20 heavy (non-hydrogen) atoms. The lowest BCUT2D eigenvalue weighted by Crippen LogP contribution is -2.48. The van der Waals surface area contributed by atoms with Crippen molar-refractivity contribution in [2.24, 2.45) is 17.6 Å². The summed E-state index contributed by atoms with van der Waals surface area (Å²) < 4.78 is 6.17. The molecule has 0 aromatic heterocycles. The fourth-order valence-corrected chi connectivity index (χ4v) is 4.65. The maximum Gasteiger partial charge on any atom is 0.133 e. The number of para-hydroxylation sites is 1. The quantitative estimate of drug-likeness (QED) is 0.911. The summed E-state index contributed by atoms with van der Waals surface area (Å²) in [5.41, 5.74) is 6.56. The Morgan fingerprint density at radius 3 is 3.05 bits per heavy atom. The molecule has 1 saturated carbocycles. The summed E-state index contributed by atoms with van der Waals surface area (Å²) in [5.74, 6) is 3.53. The van der Waals surface area contributed by atoms with Gasteiger partial charge in [0, 0.05) is 16.7 Å². The van der Waals surface area contributed by atoms with Gasteiger partial charge in [-0.1, -0.05) is 38.3 Å². The lowest BCUT2D eigenvalue weighted by Gasteiger charge is -2.38. The van der Waals surface area contributed by atoms with Gasteiger partial charge in [0.05, 0.1) is 0 Å². The number of thioether (sulfide) groups is 1. The zero-order valence-corrected chi connectivity index (χ0v) is 13.1. The minimum Gasteiger partial charge on any atom is -0.487 e. The summed E-state index contributed by atoms with van der Waals surface area (Å²) in [6.07, 6.45) is 6.78. The van der Waals surface area contributed by atoms with E-state index in [4.69, 9.17) is 10.5 Å². The van der Waals surface area contributed by atoms with Gasteiger partial charge in [-0.15, -0.1) is 11.8 Å². The van der Waals surface area contributed by atoms with Crippen LogP contribution in [0.2, 0.25) is 0 Å². The molecule has 1 aromatic carbocycles. The summed E-state index contributed by atoms with van der Waals surface area (Å²) in [5, 5.41) is 0. The van der Waals surface area contributed by atoms with Crippen molar-refractivity contribution in [3.63, 3.8) is 0 Å². The zero-order chi connectivity index (χ0) is 13.9. The summed E-state index contributed by atoms with van der Waals surface area (Å²) in [6, 6.07) is 8.50. The second-order valence-electron chi connectivity index (χ2n) is 6.19. The Morgan fingerprint density at radius 1 is 1.35 bits per heavy atom. The monoisotopic (exact) mass is 291 g/mol. The highest BCUT2D eigenvalue weighted by Crippen LogP contribution is 2.39. The fraction of sp³-hybridized carbons (Fsp3) is 0.647. The Balaban J connectivity index is 1.65. The van der Waals surface area contributed by atoms with Crippen LogP contribution in [0.3, 0.4) is 0 Å². The molecule has 3 heteroatoms. The van der Waals surface area contributed by atoms with E-state index in [2.05, 4.69) is 25.1 Å². The molecule has 110 valence electrons. The Bertz CT molecular complexity index is 450. The molecular weight excluding hydrogens is 266 g/mol. The molecule has 2 N–H and O–H groups in total. The highest BCUT2D eigenvalue weighted by Gasteiger charge is 2.33. The average Bonchev–Trinajstić information content (AvgIpc) is 2.53. The Kier molecular flexibility index (Phi) is 4.57. The molecule has 4 unspecified atom stereocenters. The van der Waals surface area contributed by atoms with Crippen molar-refractivity contribution in [3.8, 4) is 5.75 Å². The molecule has 1 fully saturated rings. The van der Waals surface area contributed by atoms with Crippen LogP contribution in [-0.2, 0) is 0 Å². The van der Waals surface area contributed by atoms with E-state index in [1.54, 1.807) is 0 Å². The van der Waals surface area contributed by atoms with Crippen LogP contribution in [0.1, 0.15) is 39.0 Å². The normalized spacial score (nSPS) is 31.2. The van der Waals surface area contributed by atoms with Gasteiger partial charge < -0.3 is 10.5 Å². The number of hydrogen-bond donors (Lipinski definition) is 1. The lowest BCUT2D eigenvalue weighted by molar-refractivity contribution is 0.122. The molecule has 2 aliphatic rings. The average molecular weight is 291 g/mol. The number of benzene rings is 1. The van der Waals surface area contributed by atoms with Crippen molar-refractivity contribution in [3.05, 3.63) is 24.3 Å². The fourth-order valence-electron chi connectivity index (χ4n) is 3.58. The van der Waals surface area contributed by atoms with Gasteiger partial charge in [0.1, 0.15) is 11.9 Å². The molecular formula is C17H25NOS. The summed E-state index contributed by atoms with van der Waals surface area (Å²) >= 11 is 1.89. The van der Waals surface area contributed by atoms with Gasteiger partial charge in [0.25, 0.3) is 0 Å². The van der Waals surface area contributed by atoms with E-state index >= 15 is 0 Å². The van der Waals surface area contributed by atoms with E-state index in [0.29, 0.717) is 5.92 Å².